The number of rotatable bonds is 6. The van der Waals surface area contributed by atoms with Crippen LogP contribution in [-0.4, -0.2) is 31.4 Å². The fourth-order valence-corrected chi connectivity index (χ4v) is 5.74. The van der Waals surface area contributed by atoms with Gasteiger partial charge in [0.25, 0.3) is 5.91 Å². The maximum atomic E-state index is 13.5. The van der Waals surface area contributed by atoms with Gasteiger partial charge in [-0.05, 0) is 60.4 Å². The largest absolute Gasteiger partial charge is 0.502 e. The number of ether oxygens (including phenoxy) is 2. The second-order valence-electron chi connectivity index (χ2n) is 9.84. The molecule has 0 saturated heterocycles. The summed E-state index contributed by atoms with van der Waals surface area (Å²) in [7, 11) is 2.97. The average molecular weight is 493 g/mol. The maximum absolute atomic E-state index is 13.5. The number of nitrogens with one attached hydrogen (secondary N) is 1. The highest BCUT2D eigenvalue weighted by atomic mass is 32.1. The maximum Gasteiger partial charge on any atom is 0.259 e. The highest BCUT2D eigenvalue weighted by Gasteiger charge is 2.33. The van der Waals surface area contributed by atoms with E-state index in [2.05, 4.69) is 26.1 Å². The standard InChI is InChI=1S/C28H32N2O4S/c1-28(2,3)18-11-12-20-23(15-18)35-27(24(20)26(32)30-19-9-7-6-8-10-19)29-16-17-13-21(33-4)25(31)22(14-17)34-5/h6-10,13-14,16,18,31H,11-12,15H2,1-5H3,(H,30,32)/t18-/m0/s1. The zero-order valence-corrected chi connectivity index (χ0v) is 21.7. The number of carbonyl (C=O) groups excluding carboxylic acids is 1. The quantitative estimate of drug-likeness (QED) is 0.379. The Morgan fingerprint density at radius 3 is 2.40 bits per heavy atom. The van der Waals surface area contributed by atoms with Crippen molar-refractivity contribution < 1.29 is 19.4 Å². The number of benzene rings is 2. The summed E-state index contributed by atoms with van der Waals surface area (Å²) in [6, 6.07) is 12.9. The molecule has 1 heterocycles. The Hall–Kier alpha value is -3.32. The van der Waals surface area contributed by atoms with Crippen LogP contribution in [0.15, 0.2) is 47.5 Å². The van der Waals surface area contributed by atoms with Crippen molar-refractivity contribution in [2.45, 2.75) is 40.0 Å². The minimum atomic E-state index is -0.143. The molecule has 1 aliphatic rings. The summed E-state index contributed by atoms with van der Waals surface area (Å²) in [5.74, 6) is 0.949. The van der Waals surface area contributed by atoms with Crippen molar-refractivity contribution in [3.63, 3.8) is 0 Å². The van der Waals surface area contributed by atoms with Gasteiger partial charge in [0.05, 0.1) is 19.8 Å². The predicted molar refractivity (Wildman–Crippen MR) is 142 cm³/mol. The number of amides is 1. The molecule has 184 valence electrons. The number of thiophene rings is 1. The fraction of sp³-hybridized carbons (Fsp3) is 0.357. The van der Waals surface area contributed by atoms with E-state index < -0.39 is 0 Å². The van der Waals surface area contributed by atoms with E-state index >= 15 is 0 Å². The van der Waals surface area contributed by atoms with Crippen LogP contribution < -0.4 is 14.8 Å². The van der Waals surface area contributed by atoms with Gasteiger partial charge in [0.15, 0.2) is 11.5 Å². The van der Waals surface area contributed by atoms with E-state index in [1.165, 1.54) is 19.1 Å². The Bertz CT molecular complexity index is 1220. The first-order valence-electron chi connectivity index (χ1n) is 11.7. The van der Waals surface area contributed by atoms with E-state index in [4.69, 9.17) is 14.5 Å². The minimum absolute atomic E-state index is 0.0603. The van der Waals surface area contributed by atoms with Gasteiger partial charge in [0, 0.05) is 22.3 Å². The van der Waals surface area contributed by atoms with Gasteiger partial charge in [-0.15, -0.1) is 11.3 Å². The number of hydrogen-bond donors (Lipinski definition) is 2. The number of carbonyl (C=O) groups is 1. The lowest BCUT2D eigenvalue weighted by Gasteiger charge is -2.33. The van der Waals surface area contributed by atoms with Crippen molar-refractivity contribution in [2.24, 2.45) is 16.3 Å². The zero-order chi connectivity index (χ0) is 25.2. The van der Waals surface area contributed by atoms with Crippen LogP contribution in [0.4, 0.5) is 10.7 Å². The van der Waals surface area contributed by atoms with Gasteiger partial charge < -0.3 is 19.9 Å². The van der Waals surface area contributed by atoms with Crippen LogP contribution in [0.25, 0.3) is 0 Å². The molecule has 6 nitrogen and oxygen atoms in total. The number of aromatic hydroxyl groups is 1. The molecule has 1 aliphatic carbocycles. The third-order valence-electron chi connectivity index (χ3n) is 6.56. The number of para-hydroxylation sites is 1. The van der Waals surface area contributed by atoms with Crippen LogP contribution in [0.3, 0.4) is 0 Å². The average Bonchev–Trinajstić information content (AvgIpc) is 3.21. The molecule has 0 saturated carbocycles. The molecule has 0 unspecified atom stereocenters. The molecule has 35 heavy (non-hydrogen) atoms. The molecule has 7 heteroatoms. The summed E-state index contributed by atoms with van der Waals surface area (Å²) in [6.45, 7) is 6.85. The highest BCUT2D eigenvalue weighted by Crippen LogP contribution is 2.45. The SMILES string of the molecule is COc1cc(C=Nc2sc3c(c2C(=O)Nc2ccccc2)CC[C@H](C(C)(C)C)C3)cc(OC)c1O. The van der Waals surface area contributed by atoms with E-state index in [0.29, 0.717) is 33.5 Å². The molecule has 0 aliphatic heterocycles. The Kier molecular flexibility index (Phi) is 7.17. The topological polar surface area (TPSA) is 80.2 Å². The third-order valence-corrected chi connectivity index (χ3v) is 7.73. The highest BCUT2D eigenvalue weighted by molar-refractivity contribution is 7.16. The molecule has 1 atom stereocenters. The fourth-order valence-electron chi connectivity index (χ4n) is 4.47. The summed E-state index contributed by atoms with van der Waals surface area (Å²) < 4.78 is 10.5. The monoisotopic (exact) mass is 492 g/mol. The van der Waals surface area contributed by atoms with Crippen molar-refractivity contribution in [2.75, 3.05) is 19.5 Å². The van der Waals surface area contributed by atoms with E-state index in [0.717, 1.165) is 30.5 Å². The van der Waals surface area contributed by atoms with E-state index in [1.54, 1.807) is 29.7 Å². The van der Waals surface area contributed by atoms with E-state index in [-0.39, 0.29) is 17.1 Å². The molecule has 0 bridgehead atoms. The lowest BCUT2D eigenvalue weighted by molar-refractivity contribution is 0.102. The Balaban J connectivity index is 1.73. The number of nitrogens with zero attached hydrogens (tertiary/aromatic N) is 1. The Labute approximate surface area is 210 Å². The number of hydrogen-bond acceptors (Lipinski definition) is 6. The van der Waals surface area contributed by atoms with Crippen molar-refractivity contribution >= 4 is 34.1 Å². The third kappa shape index (κ3) is 5.35. The van der Waals surface area contributed by atoms with Crippen LogP contribution in [0.5, 0.6) is 17.2 Å². The lowest BCUT2D eigenvalue weighted by atomic mass is 9.72. The first-order chi connectivity index (χ1) is 16.7. The second kappa shape index (κ2) is 10.1. The summed E-state index contributed by atoms with van der Waals surface area (Å²) in [5.41, 5.74) is 3.41. The second-order valence-corrected chi connectivity index (χ2v) is 10.9. The number of aliphatic imine (C=N–C) groups is 1. The van der Waals surface area contributed by atoms with Crippen LogP contribution in [-0.2, 0) is 12.8 Å². The van der Waals surface area contributed by atoms with Crippen molar-refractivity contribution in [1.82, 2.24) is 0 Å². The molecule has 2 N–H and O–H groups in total. The van der Waals surface area contributed by atoms with Crippen molar-refractivity contribution in [3.05, 3.63) is 64.0 Å². The first-order valence-corrected chi connectivity index (χ1v) is 12.5. The van der Waals surface area contributed by atoms with Crippen LogP contribution in [0.2, 0.25) is 0 Å². The van der Waals surface area contributed by atoms with Gasteiger partial charge in [0.1, 0.15) is 5.00 Å². The molecule has 0 fully saturated rings. The number of methoxy groups -OCH3 is 2. The molecule has 4 rings (SSSR count). The molecule has 1 aromatic heterocycles. The van der Waals surface area contributed by atoms with Crippen LogP contribution in [0.1, 0.15) is 53.6 Å². The van der Waals surface area contributed by atoms with Gasteiger partial charge >= 0.3 is 0 Å². The number of phenolic OH excluding ortho intramolecular Hbond substituents is 1. The van der Waals surface area contributed by atoms with Gasteiger partial charge in [-0.2, -0.15) is 0 Å². The molecule has 3 aromatic rings. The van der Waals surface area contributed by atoms with Gasteiger partial charge in [0.2, 0.25) is 5.75 Å². The minimum Gasteiger partial charge on any atom is -0.502 e. The summed E-state index contributed by atoms with van der Waals surface area (Å²) in [4.78, 5) is 19.4. The number of anilines is 1. The Morgan fingerprint density at radius 2 is 1.80 bits per heavy atom. The normalized spacial score (nSPS) is 15.6. The summed E-state index contributed by atoms with van der Waals surface area (Å²) >= 11 is 1.59. The van der Waals surface area contributed by atoms with E-state index in [1.807, 2.05) is 30.3 Å². The Morgan fingerprint density at radius 1 is 1.14 bits per heavy atom. The molecule has 2 aromatic carbocycles. The van der Waals surface area contributed by atoms with Gasteiger partial charge in [-0.25, -0.2) is 4.99 Å². The molecular formula is C28H32N2O4S. The van der Waals surface area contributed by atoms with Crippen molar-refractivity contribution in [3.8, 4) is 17.2 Å². The van der Waals surface area contributed by atoms with Crippen LogP contribution >= 0.6 is 11.3 Å². The number of phenols is 1. The molecule has 0 radical (unpaired) electrons. The summed E-state index contributed by atoms with van der Waals surface area (Å²) in [5, 5.41) is 13.9. The molecule has 1 amide bonds. The zero-order valence-electron chi connectivity index (χ0n) is 20.8. The molecular weight excluding hydrogens is 460 g/mol. The van der Waals surface area contributed by atoms with E-state index in [9.17, 15) is 9.90 Å². The predicted octanol–water partition coefficient (Wildman–Crippen LogP) is 6.62. The van der Waals surface area contributed by atoms with Gasteiger partial charge in [-0.1, -0.05) is 39.0 Å². The first kappa shape index (κ1) is 24.8. The molecule has 0 spiro atoms. The van der Waals surface area contributed by atoms with Gasteiger partial charge in [-0.3, -0.25) is 4.79 Å². The summed E-state index contributed by atoms with van der Waals surface area (Å²) in [6.07, 6.45) is 4.55. The van der Waals surface area contributed by atoms with Crippen LogP contribution in [0, 0.1) is 11.3 Å². The number of fused-ring (bicyclic) bond motifs is 1. The van der Waals surface area contributed by atoms with Crippen molar-refractivity contribution in [1.29, 1.82) is 0 Å². The lowest BCUT2D eigenvalue weighted by Crippen LogP contribution is -2.27. The smallest absolute Gasteiger partial charge is 0.259 e.